The SMILES string of the molecule is C=CC1=C(N=C)NC2=C=C=CC=C2C1. The molecule has 2 heteroatoms. The molecule has 0 amide bonds. The Morgan fingerprint density at radius 2 is 2.43 bits per heavy atom. The Labute approximate surface area is 83.0 Å². The fourth-order valence-corrected chi connectivity index (χ4v) is 1.48. The lowest BCUT2D eigenvalue weighted by Crippen LogP contribution is -2.20. The van der Waals surface area contributed by atoms with Gasteiger partial charge in [0.1, 0.15) is 5.82 Å². The van der Waals surface area contributed by atoms with Crippen LogP contribution in [0, 0.1) is 0 Å². The van der Waals surface area contributed by atoms with Crippen molar-refractivity contribution >= 4 is 6.72 Å². The summed E-state index contributed by atoms with van der Waals surface area (Å²) < 4.78 is 0. The van der Waals surface area contributed by atoms with Crippen LogP contribution in [0.25, 0.3) is 0 Å². The number of hydrogen-bond donors (Lipinski definition) is 1. The first-order valence-electron chi connectivity index (χ1n) is 4.35. The Bertz CT molecular complexity index is 463. The van der Waals surface area contributed by atoms with Crippen molar-refractivity contribution in [2.24, 2.45) is 4.99 Å². The van der Waals surface area contributed by atoms with Crippen LogP contribution < -0.4 is 5.32 Å². The minimum Gasteiger partial charge on any atom is -0.333 e. The molecular weight excluding hydrogens is 172 g/mol. The number of fused-ring (bicyclic) bond motifs is 1. The summed E-state index contributed by atoms with van der Waals surface area (Å²) in [7, 11) is 0. The second-order valence-electron chi connectivity index (χ2n) is 3.04. The topological polar surface area (TPSA) is 24.4 Å². The first-order chi connectivity index (χ1) is 6.85. The maximum absolute atomic E-state index is 3.91. The second kappa shape index (κ2) is 3.39. The van der Waals surface area contributed by atoms with Gasteiger partial charge < -0.3 is 5.32 Å². The summed E-state index contributed by atoms with van der Waals surface area (Å²) >= 11 is 0. The highest BCUT2D eigenvalue weighted by molar-refractivity contribution is 5.48. The molecule has 1 aliphatic carbocycles. The third kappa shape index (κ3) is 1.29. The predicted molar refractivity (Wildman–Crippen MR) is 57.7 cm³/mol. The van der Waals surface area contributed by atoms with Crippen LogP contribution in [0.3, 0.4) is 0 Å². The molecule has 0 saturated carbocycles. The summed E-state index contributed by atoms with van der Waals surface area (Å²) in [6.45, 7) is 7.27. The van der Waals surface area contributed by atoms with Gasteiger partial charge in [0, 0.05) is 6.42 Å². The summed E-state index contributed by atoms with van der Waals surface area (Å²) in [6.07, 6.45) is 6.50. The molecule has 0 atom stereocenters. The summed E-state index contributed by atoms with van der Waals surface area (Å²) in [5.41, 5.74) is 9.08. The van der Waals surface area contributed by atoms with E-state index in [4.69, 9.17) is 0 Å². The molecule has 0 saturated heterocycles. The van der Waals surface area contributed by atoms with E-state index in [1.165, 1.54) is 5.57 Å². The molecule has 2 rings (SSSR count). The van der Waals surface area contributed by atoms with E-state index in [1.54, 1.807) is 6.08 Å². The number of rotatable bonds is 2. The van der Waals surface area contributed by atoms with Crippen molar-refractivity contribution in [2.45, 2.75) is 6.42 Å². The quantitative estimate of drug-likeness (QED) is 0.514. The van der Waals surface area contributed by atoms with Crippen molar-refractivity contribution < 1.29 is 0 Å². The number of nitrogens with one attached hydrogen (secondary N) is 1. The third-order valence-corrected chi connectivity index (χ3v) is 2.22. The van der Waals surface area contributed by atoms with E-state index < -0.39 is 0 Å². The van der Waals surface area contributed by atoms with Crippen LogP contribution in [-0.2, 0) is 0 Å². The molecule has 1 heterocycles. The van der Waals surface area contributed by atoms with E-state index in [9.17, 15) is 0 Å². The van der Waals surface area contributed by atoms with Crippen molar-refractivity contribution in [1.82, 2.24) is 5.32 Å². The minimum absolute atomic E-state index is 0.767. The Kier molecular flexibility index (Phi) is 2.08. The fourth-order valence-electron chi connectivity index (χ4n) is 1.48. The molecule has 68 valence electrons. The zero-order valence-corrected chi connectivity index (χ0v) is 7.80. The highest BCUT2D eigenvalue weighted by Crippen LogP contribution is 2.27. The zero-order valence-electron chi connectivity index (χ0n) is 7.80. The highest BCUT2D eigenvalue weighted by Gasteiger charge is 2.17. The molecule has 14 heavy (non-hydrogen) atoms. The molecule has 0 spiro atoms. The fraction of sp³-hybridized carbons (Fsp3) is 0.0833. The molecule has 0 fully saturated rings. The van der Waals surface area contributed by atoms with Gasteiger partial charge in [-0.05, 0) is 35.7 Å². The van der Waals surface area contributed by atoms with Crippen LogP contribution in [0.4, 0.5) is 0 Å². The summed E-state index contributed by atoms with van der Waals surface area (Å²) in [5.74, 6) is 0.767. The van der Waals surface area contributed by atoms with Crippen molar-refractivity contribution in [3.63, 3.8) is 0 Å². The van der Waals surface area contributed by atoms with Crippen molar-refractivity contribution in [3.05, 3.63) is 58.9 Å². The normalized spacial score (nSPS) is 18.0. The van der Waals surface area contributed by atoms with Crippen LogP contribution in [-0.4, -0.2) is 6.72 Å². The third-order valence-electron chi connectivity index (χ3n) is 2.22. The molecule has 1 aliphatic heterocycles. The van der Waals surface area contributed by atoms with Crippen molar-refractivity contribution in [1.29, 1.82) is 0 Å². The monoisotopic (exact) mass is 182 g/mol. The van der Waals surface area contributed by atoms with Crippen LogP contribution >= 0.6 is 0 Å². The van der Waals surface area contributed by atoms with E-state index in [0.717, 1.165) is 23.5 Å². The van der Waals surface area contributed by atoms with Gasteiger partial charge >= 0.3 is 0 Å². The van der Waals surface area contributed by atoms with Crippen LogP contribution in [0.1, 0.15) is 6.42 Å². The van der Waals surface area contributed by atoms with Gasteiger partial charge in [0.25, 0.3) is 0 Å². The lowest BCUT2D eigenvalue weighted by molar-refractivity contribution is 0.867. The van der Waals surface area contributed by atoms with Crippen molar-refractivity contribution in [2.75, 3.05) is 0 Å². The van der Waals surface area contributed by atoms with Gasteiger partial charge in [-0.3, -0.25) is 0 Å². The van der Waals surface area contributed by atoms with E-state index in [0.29, 0.717) is 0 Å². The number of allylic oxidation sites excluding steroid dienone is 5. The number of aliphatic imine (C=N–C) groups is 1. The second-order valence-corrected chi connectivity index (χ2v) is 3.04. The molecular formula is C12H10N2. The lowest BCUT2D eigenvalue weighted by Gasteiger charge is -2.21. The van der Waals surface area contributed by atoms with Crippen molar-refractivity contribution in [3.8, 4) is 0 Å². The molecule has 0 radical (unpaired) electrons. The first-order valence-corrected chi connectivity index (χ1v) is 4.35. The standard InChI is InChI=1S/C12H10N2/c1-3-9-8-10-6-4-5-7-11(10)14-12(9)13-2/h3-4,6,14H,1-2,8H2. The van der Waals surface area contributed by atoms with Crippen LogP contribution in [0.15, 0.2) is 63.9 Å². The molecule has 2 nitrogen and oxygen atoms in total. The average Bonchev–Trinajstić information content (AvgIpc) is 2.27. The average molecular weight is 182 g/mol. The minimum atomic E-state index is 0.767. The van der Waals surface area contributed by atoms with Gasteiger partial charge in [0.05, 0.1) is 5.70 Å². The Morgan fingerprint density at radius 3 is 3.14 bits per heavy atom. The van der Waals surface area contributed by atoms with Gasteiger partial charge in [0.2, 0.25) is 0 Å². The predicted octanol–water partition coefficient (Wildman–Crippen LogP) is 2.21. The van der Waals surface area contributed by atoms with E-state index in [1.807, 2.05) is 12.2 Å². The Balaban J connectivity index is 2.49. The van der Waals surface area contributed by atoms with E-state index in [2.05, 4.69) is 35.1 Å². The van der Waals surface area contributed by atoms with Gasteiger partial charge in [-0.15, -0.1) is 0 Å². The van der Waals surface area contributed by atoms with E-state index >= 15 is 0 Å². The number of nitrogens with zero attached hydrogens (tertiary/aromatic N) is 1. The van der Waals surface area contributed by atoms with Crippen LogP contribution in [0.5, 0.6) is 0 Å². The largest absolute Gasteiger partial charge is 0.333 e. The van der Waals surface area contributed by atoms with Gasteiger partial charge in [-0.25, -0.2) is 4.99 Å². The van der Waals surface area contributed by atoms with Crippen LogP contribution in [0.2, 0.25) is 0 Å². The Hall–Kier alpha value is -2.01. The maximum Gasteiger partial charge on any atom is 0.133 e. The smallest absolute Gasteiger partial charge is 0.133 e. The Morgan fingerprint density at radius 1 is 1.57 bits per heavy atom. The van der Waals surface area contributed by atoms with Gasteiger partial charge in [0.15, 0.2) is 0 Å². The molecule has 0 unspecified atom stereocenters. The highest BCUT2D eigenvalue weighted by atomic mass is 15.0. The summed E-state index contributed by atoms with van der Waals surface area (Å²) in [5, 5.41) is 3.14. The molecule has 0 bridgehead atoms. The van der Waals surface area contributed by atoms with Gasteiger partial charge in [-0.1, -0.05) is 18.4 Å². The molecule has 0 aromatic heterocycles. The van der Waals surface area contributed by atoms with Gasteiger partial charge in [-0.2, -0.15) is 0 Å². The first kappa shape index (κ1) is 8.58. The summed E-state index contributed by atoms with van der Waals surface area (Å²) in [6, 6.07) is 0. The molecule has 0 aromatic rings. The maximum atomic E-state index is 3.91. The lowest BCUT2D eigenvalue weighted by atomic mass is 9.97. The summed E-state index contributed by atoms with van der Waals surface area (Å²) in [4.78, 5) is 3.91. The molecule has 2 aliphatic rings. The molecule has 1 N–H and O–H groups in total. The molecule has 0 aromatic carbocycles. The van der Waals surface area contributed by atoms with E-state index in [-0.39, 0.29) is 0 Å². The zero-order chi connectivity index (χ0) is 9.97. The number of hydrogen-bond acceptors (Lipinski definition) is 2.